The van der Waals surface area contributed by atoms with E-state index in [1.54, 1.807) is 34.5 Å². The van der Waals surface area contributed by atoms with Crippen LogP contribution in [0.25, 0.3) is 0 Å². The van der Waals surface area contributed by atoms with Crippen LogP contribution in [-0.2, 0) is 6.54 Å². The van der Waals surface area contributed by atoms with Gasteiger partial charge in [0.25, 0.3) is 0 Å². The van der Waals surface area contributed by atoms with Crippen LogP contribution in [-0.4, -0.2) is 33.6 Å². The van der Waals surface area contributed by atoms with E-state index in [4.69, 9.17) is 31.2 Å². The van der Waals surface area contributed by atoms with E-state index < -0.39 is 0 Å². The number of methoxy groups -OCH3 is 4. The molecule has 0 saturated heterocycles. The average Bonchev–Trinajstić information content (AvgIpc) is 2.66. The lowest BCUT2D eigenvalue weighted by atomic mass is 10.2. The van der Waals surface area contributed by atoms with Crippen LogP contribution in [0.1, 0.15) is 5.56 Å². The van der Waals surface area contributed by atoms with Gasteiger partial charge in [-0.25, -0.2) is 0 Å². The summed E-state index contributed by atoms with van der Waals surface area (Å²) >= 11 is 5.35. The highest BCUT2D eigenvalue weighted by atomic mass is 32.1. The zero-order chi connectivity index (χ0) is 18.2. The van der Waals surface area contributed by atoms with Gasteiger partial charge in [0, 0.05) is 12.6 Å². The fraction of sp³-hybridized carbons (Fsp3) is 0.278. The second-order valence-electron chi connectivity index (χ2n) is 5.06. The van der Waals surface area contributed by atoms with Gasteiger partial charge in [0.15, 0.2) is 16.6 Å². The summed E-state index contributed by atoms with van der Waals surface area (Å²) in [5.74, 6) is 2.73. The van der Waals surface area contributed by atoms with Crippen molar-refractivity contribution < 1.29 is 18.9 Å². The second kappa shape index (κ2) is 8.98. The van der Waals surface area contributed by atoms with Crippen LogP contribution in [0, 0.1) is 0 Å². The molecule has 6 nitrogen and oxygen atoms in total. The normalized spacial score (nSPS) is 9.92. The van der Waals surface area contributed by atoms with E-state index in [0.29, 0.717) is 34.7 Å². The van der Waals surface area contributed by atoms with Crippen molar-refractivity contribution >= 4 is 23.0 Å². The Morgan fingerprint density at radius 1 is 0.840 bits per heavy atom. The molecule has 0 heterocycles. The highest BCUT2D eigenvalue weighted by Gasteiger charge is 2.08. The predicted molar refractivity (Wildman–Crippen MR) is 102 cm³/mol. The van der Waals surface area contributed by atoms with Gasteiger partial charge in [0.1, 0.15) is 11.5 Å². The quantitative estimate of drug-likeness (QED) is 0.734. The Hall–Kier alpha value is -2.67. The number of hydrogen-bond acceptors (Lipinski definition) is 5. The Bertz CT molecular complexity index is 737. The van der Waals surface area contributed by atoms with Crippen molar-refractivity contribution in [3.8, 4) is 23.0 Å². The molecule has 0 radical (unpaired) electrons. The summed E-state index contributed by atoms with van der Waals surface area (Å²) < 4.78 is 21.1. The maximum absolute atomic E-state index is 5.35. The number of thiocarbonyl (C=S) groups is 1. The number of anilines is 1. The van der Waals surface area contributed by atoms with Crippen LogP contribution < -0.4 is 29.6 Å². The minimum absolute atomic E-state index is 0.484. The Morgan fingerprint density at radius 3 is 2.20 bits per heavy atom. The molecule has 0 spiro atoms. The topological polar surface area (TPSA) is 61.0 Å². The average molecular weight is 362 g/mol. The maximum Gasteiger partial charge on any atom is 0.171 e. The highest BCUT2D eigenvalue weighted by Crippen LogP contribution is 2.29. The van der Waals surface area contributed by atoms with Gasteiger partial charge in [-0.05, 0) is 42.0 Å². The summed E-state index contributed by atoms with van der Waals surface area (Å²) in [6.07, 6.45) is 0. The molecule has 2 aromatic rings. The van der Waals surface area contributed by atoms with Crippen LogP contribution in [0.4, 0.5) is 5.69 Å². The third kappa shape index (κ3) is 4.90. The van der Waals surface area contributed by atoms with E-state index in [-0.39, 0.29) is 0 Å². The molecular formula is C18H22N2O4S. The summed E-state index contributed by atoms with van der Waals surface area (Å²) in [5.41, 5.74) is 1.77. The van der Waals surface area contributed by atoms with Gasteiger partial charge in [-0.2, -0.15) is 0 Å². The number of benzene rings is 2. The Kier molecular flexibility index (Phi) is 6.71. The first-order valence-corrected chi connectivity index (χ1v) is 8.00. The molecule has 0 aromatic heterocycles. The van der Waals surface area contributed by atoms with E-state index in [2.05, 4.69) is 10.6 Å². The molecule has 0 fully saturated rings. The van der Waals surface area contributed by atoms with E-state index in [1.165, 1.54) is 0 Å². The smallest absolute Gasteiger partial charge is 0.171 e. The SMILES string of the molecule is COc1ccc(NC(=S)NCc2ccc(OC)c(OC)c2)c(OC)c1. The van der Waals surface area contributed by atoms with Gasteiger partial charge in [-0.3, -0.25) is 0 Å². The van der Waals surface area contributed by atoms with Crippen LogP contribution in [0.3, 0.4) is 0 Å². The molecule has 0 aliphatic carbocycles. The Labute approximate surface area is 153 Å². The maximum atomic E-state index is 5.35. The molecule has 0 unspecified atom stereocenters. The number of rotatable bonds is 7. The second-order valence-corrected chi connectivity index (χ2v) is 5.47. The first-order valence-electron chi connectivity index (χ1n) is 7.59. The molecule has 0 aliphatic rings. The molecule has 2 aromatic carbocycles. The number of hydrogen-bond donors (Lipinski definition) is 2. The molecule has 0 aliphatic heterocycles. The molecule has 0 atom stereocenters. The Morgan fingerprint density at radius 2 is 1.56 bits per heavy atom. The van der Waals surface area contributed by atoms with E-state index in [9.17, 15) is 0 Å². The van der Waals surface area contributed by atoms with Crippen molar-refractivity contribution in [1.29, 1.82) is 0 Å². The minimum Gasteiger partial charge on any atom is -0.497 e. The molecule has 2 N–H and O–H groups in total. The Balaban J connectivity index is 1.99. The highest BCUT2D eigenvalue weighted by molar-refractivity contribution is 7.80. The van der Waals surface area contributed by atoms with E-state index >= 15 is 0 Å². The lowest BCUT2D eigenvalue weighted by molar-refractivity contribution is 0.354. The van der Waals surface area contributed by atoms with Gasteiger partial charge >= 0.3 is 0 Å². The molecule has 2 rings (SSSR count). The van der Waals surface area contributed by atoms with Crippen LogP contribution >= 0.6 is 12.2 Å². The molecule has 134 valence electrons. The summed E-state index contributed by atoms with van der Waals surface area (Å²) in [6, 6.07) is 11.2. The van der Waals surface area contributed by atoms with Crippen molar-refractivity contribution in [2.24, 2.45) is 0 Å². The van der Waals surface area contributed by atoms with Crippen LogP contribution in [0.15, 0.2) is 36.4 Å². The molecule has 0 bridgehead atoms. The summed E-state index contributed by atoms with van der Waals surface area (Å²) in [4.78, 5) is 0. The largest absolute Gasteiger partial charge is 0.497 e. The van der Waals surface area contributed by atoms with Gasteiger partial charge in [0.05, 0.1) is 34.1 Å². The predicted octanol–water partition coefficient (Wildman–Crippen LogP) is 3.21. The van der Waals surface area contributed by atoms with E-state index in [1.807, 2.05) is 30.3 Å². The van der Waals surface area contributed by atoms with E-state index in [0.717, 1.165) is 11.3 Å². The first kappa shape index (κ1) is 18.7. The number of nitrogens with one attached hydrogen (secondary N) is 2. The zero-order valence-corrected chi connectivity index (χ0v) is 15.5. The van der Waals surface area contributed by atoms with Crippen LogP contribution in [0.2, 0.25) is 0 Å². The fourth-order valence-corrected chi connectivity index (χ4v) is 2.42. The first-order chi connectivity index (χ1) is 12.1. The lowest BCUT2D eigenvalue weighted by Crippen LogP contribution is -2.28. The van der Waals surface area contributed by atoms with Crippen molar-refractivity contribution in [1.82, 2.24) is 5.32 Å². The van der Waals surface area contributed by atoms with Crippen molar-refractivity contribution in [3.63, 3.8) is 0 Å². The standard InChI is InChI=1S/C18H22N2O4S/c1-21-13-6-7-14(16(10-13)23-3)20-18(25)19-11-12-5-8-15(22-2)17(9-12)24-4/h5-10H,11H2,1-4H3,(H2,19,20,25). The summed E-state index contributed by atoms with van der Waals surface area (Å²) in [7, 11) is 6.42. The van der Waals surface area contributed by atoms with Crippen molar-refractivity contribution in [2.45, 2.75) is 6.54 Å². The zero-order valence-electron chi connectivity index (χ0n) is 14.7. The third-order valence-electron chi connectivity index (χ3n) is 3.56. The fourth-order valence-electron chi connectivity index (χ4n) is 2.24. The summed E-state index contributed by atoms with van der Waals surface area (Å²) in [6.45, 7) is 0.546. The van der Waals surface area contributed by atoms with Crippen molar-refractivity contribution in [3.05, 3.63) is 42.0 Å². The van der Waals surface area contributed by atoms with Crippen molar-refractivity contribution in [2.75, 3.05) is 33.8 Å². The van der Waals surface area contributed by atoms with Gasteiger partial charge < -0.3 is 29.6 Å². The molecule has 7 heteroatoms. The van der Waals surface area contributed by atoms with Gasteiger partial charge in [0.2, 0.25) is 0 Å². The molecule has 0 saturated carbocycles. The monoisotopic (exact) mass is 362 g/mol. The minimum atomic E-state index is 0.484. The van der Waals surface area contributed by atoms with Crippen LogP contribution in [0.5, 0.6) is 23.0 Å². The summed E-state index contributed by atoms with van der Waals surface area (Å²) in [5, 5.41) is 6.76. The third-order valence-corrected chi connectivity index (χ3v) is 3.80. The molecule has 25 heavy (non-hydrogen) atoms. The molecular weight excluding hydrogens is 340 g/mol. The molecule has 0 amide bonds. The lowest BCUT2D eigenvalue weighted by Gasteiger charge is -2.15. The number of ether oxygens (including phenoxy) is 4. The van der Waals surface area contributed by atoms with Gasteiger partial charge in [-0.1, -0.05) is 6.07 Å². The van der Waals surface area contributed by atoms with Gasteiger partial charge in [-0.15, -0.1) is 0 Å².